The topological polar surface area (TPSA) is 61.0 Å². The van der Waals surface area contributed by atoms with Crippen molar-refractivity contribution in [2.45, 2.75) is 18.9 Å². The molecular formula is C14H19ClN4O. The predicted octanol–water partition coefficient (Wildman–Crippen LogP) is 1.35. The SMILES string of the molecule is CN(C(=O)Cc1[nH]nc2ccccc12)C1CCNC1.Cl. The monoisotopic (exact) mass is 294 g/mol. The van der Waals surface area contributed by atoms with Gasteiger partial charge in [-0.2, -0.15) is 5.10 Å². The maximum absolute atomic E-state index is 12.3. The number of likely N-dealkylation sites (N-methyl/N-ethyl adjacent to an activating group) is 1. The molecule has 1 saturated heterocycles. The zero-order chi connectivity index (χ0) is 13.2. The van der Waals surface area contributed by atoms with E-state index in [0.717, 1.165) is 36.1 Å². The summed E-state index contributed by atoms with van der Waals surface area (Å²) in [5.41, 5.74) is 1.81. The van der Waals surface area contributed by atoms with Gasteiger partial charge in [0.15, 0.2) is 0 Å². The van der Waals surface area contributed by atoms with Gasteiger partial charge in [0.1, 0.15) is 0 Å². The maximum atomic E-state index is 12.3. The van der Waals surface area contributed by atoms with Gasteiger partial charge in [0.05, 0.1) is 17.6 Å². The highest BCUT2D eigenvalue weighted by Crippen LogP contribution is 2.17. The van der Waals surface area contributed by atoms with Crippen molar-refractivity contribution in [1.29, 1.82) is 0 Å². The smallest absolute Gasteiger partial charge is 0.228 e. The minimum atomic E-state index is 0. The summed E-state index contributed by atoms with van der Waals surface area (Å²) in [5, 5.41) is 11.5. The molecule has 2 aromatic rings. The van der Waals surface area contributed by atoms with Gasteiger partial charge in [-0.1, -0.05) is 18.2 Å². The zero-order valence-electron chi connectivity index (χ0n) is 11.4. The highest BCUT2D eigenvalue weighted by molar-refractivity contribution is 5.87. The van der Waals surface area contributed by atoms with E-state index in [0.29, 0.717) is 12.5 Å². The average molecular weight is 295 g/mol. The van der Waals surface area contributed by atoms with Gasteiger partial charge in [-0.3, -0.25) is 9.89 Å². The fourth-order valence-electron chi connectivity index (χ4n) is 2.60. The number of aromatic amines is 1. The molecule has 108 valence electrons. The Hall–Kier alpha value is -1.59. The van der Waals surface area contributed by atoms with Crippen molar-refractivity contribution in [3.05, 3.63) is 30.0 Å². The van der Waals surface area contributed by atoms with Gasteiger partial charge < -0.3 is 10.2 Å². The van der Waals surface area contributed by atoms with Gasteiger partial charge in [-0.25, -0.2) is 0 Å². The molecule has 0 radical (unpaired) electrons. The molecular weight excluding hydrogens is 276 g/mol. The van der Waals surface area contributed by atoms with E-state index in [-0.39, 0.29) is 18.3 Å². The number of nitrogens with one attached hydrogen (secondary N) is 2. The van der Waals surface area contributed by atoms with Crippen LogP contribution in [-0.2, 0) is 11.2 Å². The van der Waals surface area contributed by atoms with Crippen molar-refractivity contribution in [3.8, 4) is 0 Å². The van der Waals surface area contributed by atoms with E-state index in [4.69, 9.17) is 0 Å². The number of aromatic nitrogens is 2. The van der Waals surface area contributed by atoms with Crippen LogP contribution in [-0.4, -0.2) is 47.2 Å². The molecule has 5 nitrogen and oxygen atoms in total. The molecule has 1 aliphatic rings. The molecule has 1 amide bonds. The number of halogens is 1. The molecule has 0 bridgehead atoms. The fourth-order valence-corrected chi connectivity index (χ4v) is 2.60. The van der Waals surface area contributed by atoms with Crippen molar-refractivity contribution in [3.63, 3.8) is 0 Å². The molecule has 0 saturated carbocycles. The lowest BCUT2D eigenvalue weighted by Crippen LogP contribution is -2.39. The van der Waals surface area contributed by atoms with Crippen molar-refractivity contribution < 1.29 is 4.79 Å². The second-order valence-corrected chi connectivity index (χ2v) is 5.05. The second-order valence-electron chi connectivity index (χ2n) is 5.05. The summed E-state index contributed by atoms with van der Waals surface area (Å²) in [6, 6.07) is 8.19. The summed E-state index contributed by atoms with van der Waals surface area (Å²) < 4.78 is 0. The van der Waals surface area contributed by atoms with E-state index < -0.39 is 0 Å². The normalized spacial score (nSPS) is 17.9. The third kappa shape index (κ3) is 2.78. The van der Waals surface area contributed by atoms with Crippen LogP contribution in [0.4, 0.5) is 0 Å². The predicted molar refractivity (Wildman–Crippen MR) is 81.1 cm³/mol. The first-order valence-corrected chi connectivity index (χ1v) is 6.64. The van der Waals surface area contributed by atoms with E-state index in [1.165, 1.54) is 0 Å². The van der Waals surface area contributed by atoms with Gasteiger partial charge in [0, 0.05) is 25.0 Å². The molecule has 0 aliphatic carbocycles. The summed E-state index contributed by atoms with van der Waals surface area (Å²) >= 11 is 0. The number of carbonyl (C=O) groups excluding carboxylic acids is 1. The minimum Gasteiger partial charge on any atom is -0.341 e. The Labute approximate surface area is 124 Å². The quantitative estimate of drug-likeness (QED) is 0.898. The molecule has 2 heterocycles. The molecule has 1 fully saturated rings. The Bertz CT molecular complexity index is 592. The average Bonchev–Trinajstić information content (AvgIpc) is 3.08. The van der Waals surface area contributed by atoms with Crippen LogP contribution in [0, 0.1) is 0 Å². The number of carbonyl (C=O) groups is 1. The van der Waals surface area contributed by atoms with Crippen molar-refractivity contribution in [2.75, 3.05) is 20.1 Å². The van der Waals surface area contributed by atoms with Crippen molar-refractivity contribution >= 4 is 29.2 Å². The van der Waals surface area contributed by atoms with Gasteiger partial charge in [0.2, 0.25) is 5.91 Å². The second kappa shape index (κ2) is 6.24. The van der Waals surface area contributed by atoms with E-state index in [9.17, 15) is 4.79 Å². The Morgan fingerprint density at radius 2 is 2.25 bits per heavy atom. The molecule has 2 N–H and O–H groups in total. The number of benzene rings is 1. The molecule has 1 unspecified atom stereocenters. The Kier molecular flexibility index (Phi) is 4.62. The first-order valence-electron chi connectivity index (χ1n) is 6.64. The Morgan fingerprint density at radius 1 is 1.45 bits per heavy atom. The molecule has 1 aliphatic heterocycles. The van der Waals surface area contributed by atoms with Crippen LogP contribution >= 0.6 is 12.4 Å². The van der Waals surface area contributed by atoms with Crippen molar-refractivity contribution in [2.24, 2.45) is 0 Å². The van der Waals surface area contributed by atoms with E-state index in [1.54, 1.807) is 0 Å². The van der Waals surface area contributed by atoms with Crippen LogP contribution in [0.25, 0.3) is 10.9 Å². The number of fused-ring (bicyclic) bond motifs is 1. The zero-order valence-corrected chi connectivity index (χ0v) is 12.2. The molecule has 1 aromatic heterocycles. The summed E-state index contributed by atoms with van der Waals surface area (Å²) in [6.07, 6.45) is 1.42. The van der Waals surface area contributed by atoms with Gasteiger partial charge in [-0.05, 0) is 19.0 Å². The molecule has 6 heteroatoms. The van der Waals surface area contributed by atoms with Gasteiger partial charge in [0.25, 0.3) is 0 Å². The Balaban J connectivity index is 0.00000147. The standard InChI is InChI=1S/C14H18N4O.ClH/c1-18(10-6-7-15-9-10)14(19)8-13-11-4-2-3-5-12(11)16-17-13;/h2-5,10,15H,6-9H2,1H3,(H,16,17);1H. The maximum Gasteiger partial charge on any atom is 0.228 e. The largest absolute Gasteiger partial charge is 0.341 e. The van der Waals surface area contributed by atoms with Gasteiger partial charge >= 0.3 is 0 Å². The van der Waals surface area contributed by atoms with E-state index in [2.05, 4.69) is 15.5 Å². The summed E-state index contributed by atoms with van der Waals surface area (Å²) in [6.45, 7) is 1.89. The Morgan fingerprint density at radius 3 is 3.00 bits per heavy atom. The number of nitrogens with zero attached hydrogens (tertiary/aromatic N) is 2. The van der Waals surface area contributed by atoms with Crippen LogP contribution in [0.5, 0.6) is 0 Å². The number of hydrogen-bond donors (Lipinski definition) is 2. The van der Waals surface area contributed by atoms with Crippen LogP contribution in [0.3, 0.4) is 0 Å². The summed E-state index contributed by atoms with van der Waals surface area (Å²) in [4.78, 5) is 14.1. The van der Waals surface area contributed by atoms with Crippen LogP contribution < -0.4 is 5.32 Å². The third-order valence-electron chi connectivity index (χ3n) is 3.84. The van der Waals surface area contributed by atoms with Crippen LogP contribution in [0.1, 0.15) is 12.1 Å². The summed E-state index contributed by atoms with van der Waals surface area (Å²) in [7, 11) is 1.89. The fraction of sp³-hybridized carbons (Fsp3) is 0.429. The summed E-state index contributed by atoms with van der Waals surface area (Å²) in [5.74, 6) is 0.142. The van der Waals surface area contributed by atoms with E-state index >= 15 is 0 Å². The number of hydrogen-bond acceptors (Lipinski definition) is 3. The first-order chi connectivity index (χ1) is 9.25. The number of amides is 1. The molecule has 1 atom stereocenters. The van der Waals surface area contributed by atoms with E-state index in [1.807, 2.05) is 36.2 Å². The lowest BCUT2D eigenvalue weighted by molar-refractivity contribution is -0.130. The minimum absolute atomic E-state index is 0. The third-order valence-corrected chi connectivity index (χ3v) is 3.84. The molecule has 1 aromatic carbocycles. The highest BCUT2D eigenvalue weighted by Gasteiger charge is 2.23. The highest BCUT2D eigenvalue weighted by atomic mass is 35.5. The molecule has 20 heavy (non-hydrogen) atoms. The number of rotatable bonds is 3. The van der Waals surface area contributed by atoms with Crippen molar-refractivity contribution in [1.82, 2.24) is 20.4 Å². The number of para-hydroxylation sites is 1. The number of H-pyrrole nitrogens is 1. The lowest BCUT2D eigenvalue weighted by Gasteiger charge is -2.23. The van der Waals surface area contributed by atoms with Crippen LogP contribution in [0.2, 0.25) is 0 Å². The van der Waals surface area contributed by atoms with Crippen LogP contribution in [0.15, 0.2) is 24.3 Å². The van der Waals surface area contributed by atoms with Gasteiger partial charge in [-0.15, -0.1) is 12.4 Å². The molecule has 0 spiro atoms. The lowest BCUT2D eigenvalue weighted by atomic mass is 10.1. The molecule has 3 rings (SSSR count). The first kappa shape index (κ1) is 14.8.